The van der Waals surface area contributed by atoms with Gasteiger partial charge in [0, 0.05) is 38.3 Å². The SMILES string of the molecule is CCNC(=NCC(C)N1CCOCC1C)N1CCc2ccccc2C1.I. The number of morpholine rings is 1. The van der Waals surface area contributed by atoms with E-state index in [1.165, 1.54) is 11.1 Å². The van der Waals surface area contributed by atoms with Crippen LogP contribution in [0.2, 0.25) is 0 Å². The molecule has 0 radical (unpaired) electrons. The topological polar surface area (TPSA) is 40.1 Å². The van der Waals surface area contributed by atoms with E-state index < -0.39 is 0 Å². The van der Waals surface area contributed by atoms with Crippen LogP contribution in [0.25, 0.3) is 0 Å². The van der Waals surface area contributed by atoms with Crippen LogP contribution in [0.3, 0.4) is 0 Å². The van der Waals surface area contributed by atoms with E-state index >= 15 is 0 Å². The second-order valence-electron chi connectivity index (χ2n) is 7.15. The predicted octanol–water partition coefficient (Wildman–Crippen LogP) is 2.74. The largest absolute Gasteiger partial charge is 0.379 e. The molecule has 0 amide bonds. The second-order valence-corrected chi connectivity index (χ2v) is 7.15. The van der Waals surface area contributed by atoms with E-state index in [4.69, 9.17) is 9.73 Å². The van der Waals surface area contributed by atoms with Gasteiger partial charge in [0.15, 0.2) is 5.96 Å². The van der Waals surface area contributed by atoms with Crippen molar-refractivity contribution in [1.82, 2.24) is 15.1 Å². The first-order chi connectivity index (χ1) is 12.2. The first-order valence-corrected chi connectivity index (χ1v) is 9.62. The average molecular weight is 472 g/mol. The molecule has 0 aromatic heterocycles. The molecule has 26 heavy (non-hydrogen) atoms. The number of fused-ring (bicyclic) bond motifs is 1. The Morgan fingerprint density at radius 3 is 2.81 bits per heavy atom. The van der Waals surface area contributed by atoms with Gasteiger partial charge in [0.25, 0.3) is 0 Å². The molecule has 2 aliphatic rings. The molecule has 0 bridgehead atoms. The number of benzene rings is 1. The van der Waals surface area contributed by atoms with Gasteiger partial charge in [0.2, 0.25) is 0 Å². The molecule has 2 unspecified atom stereocenters. The molecular weight excluding hydrogens is 439 g/mol. The number of hydrogen-bond acceptors (Lipinski definition) is 3. The Hall–Kier alpha value is -0.860. The summed E-state index contributed by atoms with van der Waals surface area (Å²) >= 11 is 0. The van der Waals surface area contributed by atoms with Gasteiger partial charge in [-0.2, -0.15) is 0 Å². The summed E-state index contributed by atoms with van der Waals surface area (Å²) in [6, 6.07) is 9.67. The minimum absolute atomic E-state index is 0. The molecular formula is C20H33IN4O. The van der Waals surface area contributed by atoms with Crippen LogP contribution < -0.4 is 5.32 Å². The summed E-state index contributed by atoms with van der Waals surface area (Å²) < 4.78 is 5.56. The van der Waals surface area contributed by atoms with E-state index in [1.54, 1.807) is 0 Å². The van der Waals surface area contributed by atoms with E-state index in [2.05, 4.69) is 60.2 Å². The summed E-state index contributed by atoms with van der Waals surface area (Å²) in [4.78, 5) is 9.87. The highest BCUT2D eigenvalue weighted by atomic mass is 127. The average Bonchev–Trinajstić information content (AvgIpc) is 2.65. The minimum Gasteiger partial charge on any atom is -0.379 e. The van der Waals surface area contributed by atoms with Gasteiger partial charge in [-0.1, -0.05) is 24.3 Å². The molecule has 1 saturated heterocycles. The number of halogens is 1. The Bertz CT molecular complexity index is 595. The van der Waals surface area contributed by atoms with Crippen molar-refractivity contribution in [3.63, 3.8) is 0 Å². The summed E-state index contributed by atoms with van der Waals surface area (Å²) in [5, 5.41) is 3.49. The van der Waals surface area contributed by atoms with Gasteiger partial charge in [0.1, 0.15) is 0 Å². The summed E-state index contributed by atoms with van der Waals surface area (Å²) in [5.41, 5.74) is 2.90. The van der Waals surface area contributed by atoms with Crippen molar-refractivity contribution in [2.75, 3.05) is 39.4 Å². The summed E-state index contributed by atoms with van der Waals surface area (Å²) in [7, 11) is 0. The van der Waals surface area contributed by atoms with Crippen molar-refractivity contribution in [3.05, 3.63) is 35.4 Å². The van der Waals surface area contributed by atoms with Gasteiger partial charge < -0.3 is 15.0 Å². The monoisotopic (exact) mass is 472 g/mol. The minimum atomic E-state index is 0. The maximum atomic E-state index is 5.56. The normalized spacial score (nSPS) is 22.3. The molecule has 0 spiro atoms. The molecule has 0 aliphatic carbocycles. The van der Waals surface area contributed by atoms with Crippen molar-refractivity contribution in [2.45, 2.75) is 45.8 Å². The predicted molar refractivity (Wildman–Crippen MR) is 118 cm³/mol. The third-order valence-electron chi connectivity index (χ3n) is 5.26. The molecule has 1 fully saturated rings. The van der Waals surface area contributed by atoms with Gasteiger partial charge in [-0.25, -0.2) is 0 Å². The van der Waals surface area contributed by atoms with Crippen LogP contribution in [-0.4, -0.2) is 67.2 Å². The third-order valence-corrected chi connectivity index (χ3v) is 5.26. The molecule has 2 aliphatic heterocycles. The zero-order chi connectivity index (χ0) is 17.6. The number of nitrogens with one attached hydrogen (secondary N) is 1. The first kappa shape index (κ1) is 21.4. The van der Waals surface area contributed by atoms with Gasteiger partial charge in [0.05, 0.1) is 19.8 Å². The molecule has 5 nitrogen and oxygen atoms in total. The van der Waals surface area contributed by atoms with Crippen LogP contribution in [0.4, 0.5) is 0 Å². The highest BCUT2D eigenvalue weighted by Crippen LogP contribution is 2.18. The van der Waals surface area contributed by atoms with Crippen molar-refractivity contribution in [1.29, 1.82) is 0 Å². The Kier molecular flexibility index (Phi) is 8.63. The third kappa shape index (κ3) is 5.33. The lowest BCUT2D eigenvalue weighted by Crippen LogP contribution is -2.50. The lowest BCUT2D eigenvalue weighted by atomic mass is 10.0. The fourth-order valence-electron chi connectivity index (χ4n) is 3.82. The fraction of sp³-hybridized carbons (Fsp3) is 0.650. The van der Waals surface area contributed by atoms with Crippen LogP contribution >= 0.6 is 24.0 Å². The second kappa shape index (κ2) is 10.5. The summed E-state index contributed by atoms with van der Waals surface area (Å²) in [6.07, 6.45) is 1.09. The maximum absolute atomic E-state index is 5.56. The van der Waals surface area contributed by atoms with E-state index in [-0.39, 0.29) is 24.0 Å². The molecule has 3 rings (SSSR count). The summed E-state index contributed by atoms with van der Waals surface area (Å²) in [5.74, 6) is 1.05. The van der Waals surface area contributed by atoms with E-state index in [0.717, 1.165) is 58.3 Å². The van der Waals surface area contributed by atoms with E-state index in [1.807, 2.05) is 0 Å². The van der Waals surface area contributed by atoms with Crippen molar-refractivity contribution < 1.29 is 4.74 Å². The Morgan fingerprint density at radius 1 is 1.31 bits per heavy atom. The zero-order valence-electron chi connectivity index (χ0n) is 16.3. The molecule has 6 heteroatoms. The lowest BCUT2D eigenvalue weighted by molar-refractivity contribution is -0.0166. The number of nitrogens with zero attached hydrogens (tertiary/aromatic N) is 3. The van der Waals surface area contributed by atoms with Crippen molar-refractivity contribution in [3.8, 4) is 0 Å². The van der Waals surface area contributed by atoms with Gasteiger partial charge >= 0.3 is 0 Å². The number of hydrogen-bond donors (Lipinski definition) is 1. The molecule has 1 aromatic carbocycles. The Balaban J connectivity index is 0.00000243. The highest BCUT2D eigenvalue weighted by Gasteiger charge is 2.24. The zero-order valence-corrected chi connectivity index (χ0v) is 18.6. The molecule has 146 valence electrons. The van der Waals surface area contributed by atoms with Crippen molar-refractivity contribution >= 4 is 29.9 Å². The van der Waals surface area contributed by atoms with Crippen molar-refractivity contribution in [2.24, 2.45) is 4.99 Å². The van der Waals surface area contributed by atoms with E-state index in [0.29, 0.717) is 12.1 Å². The molecule has 1 N–H and O–H groups in total. The first-order valence-electron chi connectivity index (χ1n) is 9.62. The smallest absolute Gasteiger partial charge is 0.194 e. The molecule has 2 atom stereocenters. The number of rotatable bonds is 4. The standard InChI is InChI=1S/C20H32N4O.HI/c1-4-21-20(22-13-16(2)24-11-12-25-15-17(24)3)23-10-9-18-7-5-6-8-19(18)14-23;/h5-8,16-17H,4,9-15H2,1-3H3,(H,21,22);1H. The number of aliphatic imine (C=N–C) groups is 1. The lowest BCUT2D eigenvalue weighted by Gasteiger charge is -2.37. The molecule has 2 heterocycles. The van der Waals surface area contributed by atoms with Crippen LogP contribution in [0.5, 0.6) is 0 Å². The molecule has 1 aromatic rings. The van der Waals surface area contributed by atoms with Crippen LogP contribution in [0.15, 0.2) is 29.3 Å². The fourth-order valence-corrected chi connectivity index (χ4v) is 3.82. The quantitative estimate of drug-likeness (QED) is 0.416. The van der Waals surface area contributed by atoms with E-state index in [9.17, 15) is 0 Å². The highest BCUT2D eigenvalue weighted by molar-refractivity contribution is 14.0. The maximum Gasteiger partial charge on any atom is 0.194 e. The molecule has 0 saturated carbocycles. The van der Waals surface area contributed by atoms with Crippen LogP contribution in [0, 0.1) is 0 Å². The van der Waals surface area contributed by atoms with Gasteiger partial charge in [-0.05, 0) is 38.3 Å². The van der Waals surface area contributed by atoms with Gasteiger partial charge in [-0.3, -0.25) is 9.89 Å². The van der Waals surface area contributed by atoms with Gasteiger partial charge in [-0.15, -0.1) is 24.0 Å². The van der Waals surface area contributed by atoms with Crippen LogP contribution in [0.1, 0.15) is 31.9 Å². The van der Waals surface area contributed by atoms with Crippen LogP contribution in [-0.2, 0) is 17.7 Å². The Morgan fingerprint density at radius 2 is 2.08 bits per heavy atom. The Labute approximate surface area is 175 Å². The number of ether oxygens (including phenoxy) is 1. The summed E-state index contributed by atoms with van der Waals surface area (Å²) in [6.45, 7) is 13.0. The number of guanidine groups is 1.